The highest BCUT2D eigenvalue weighted by atomic mass is 32.1. The van der Waals surface area contributed by atoms with E-state index in [1.165, 1.54) is 42.2 Å². The van der Waals surface area contributed by atoms with Crippen molar-refractivity contribution in [2.75, 3.05) is 19.6 Å². The van der Waals surface area contributed by atoms with E-state index in [4.69, 9.17) is 0 Å². The Morgan fingerprint density at radius 1 is 1.41 bits per heavy atom. The molecule has 1 N–H and O–H groups in total. The van der Waals surface area contributed by atoms with Crippen LogP contribution < -0.4 is 5.32 Å². The maximum absolute atomic E-state index is 3.68. The van der Waals surface area contributed by atoms with Crippen LogP contribution in [0.1, 0.15) is 28.2 Å². The highest BCUT2D eigenvalue weighted by molar-refractivity contribution is 7.12. The molecule has 1 aromatic heterocycles. The second-order valence-corrected chi connectivity index (χ2v) is 7.06. The molecular weight excluding hydrogens is 228 g/mol. The molecule has 0 saturated carbocycles. The molecule has 1 aromatic rings. The lowest BCUT2D eigenvalue weighted by Crippen LogP contribution is -2.40. The number of likely N-dealkylation sites (tertiary alicyclic amines) is 1. The van der Waals surface area contributed by atoms with Crippen LogP contribution in [0.15, 0.2) is 6.07 Å². The third kappa shape index (κ3) is 2.42. The molecule has 0 bridgehead atoms. The minimum atomic E-state index is 0.767. The topological polar surface area (TPSA) is 15.3 Å². The van der Waals surface area contributed by atoms with Crippen molar-refractivity contribution in [3.8, 4) is 0 Å². The Morgan fingerprint density at radius 3 is 3.00 bits per heavy atom. The fraction of sp³-hybridized carbons (Fsp3) is 0.714. The summed E-state index contributed by atoms with van der Waals surface area (Å²) >= 11 is 1.94. The van der Waals surface area contributed by atoms with E-state index in [1.807, 2.05) is 11.3 Å². The third-order valence-electron chi connectivity index (χ3n) is 4.21. The number of hydrogen-bond acceptors (Lipinski definition) is 3. The van der Waals surface area contributed by atoms with Gasteiger partial charge in [-0.25, -0.2) is 0 Å². The number of rotatable bonds is 2. The fourth-order valence-corrected chi connectivity index (χ4v) is 4.29. The maximum Gasteiger partial charge on any atom is 0.0245 e. The number of nitrogens with zero attached hydrogens (tertiary/aromatic N) is 1. The number of aryl methyl sites for hydroxylation is 2. The van der Waals surface area contributed by atoms with Gasteiger partial charge in [-0.05, 0) is 50.8 Å². The van der Waals surface area contributed by atoms with Gasteiger partial charge in [0.1, 0.15) is 0 Å². The number of nitrogens with one attached hydrogen (secondary N) is 1. The van der Waals surface area contributed by atoms with E-state index in [0.29, 0.717) is 0 Å². The summed E-state index contributed by atoms with van der Waals surface area (Å²) in [7, 11) is 0. The van der Waals surface area contributed by atoms with Gasteiger partial charge in [0.05, 0.1) is 0 Å². The van der Waals surface area contributed by atoms with Crippen molar-refractivity contribution in [2.45, 2.75) is 39.3 Å². The second kappa shape index (κ2) is 4.71. The highest BCUT2D eigenvalue weighted by Crippen LogP contribution is 2.28. The second-order valence-electron chi connectivity index (χ2n) is 5.60. The molecule has 2 unspecified atom stereocenters. The Morgan fingerprint density at radius 2 is 2.29 bits per heavy atom. The zero-order valence-corrected chi connectivity index (χ0v) is 11.6. The monoisotopic (exact) mass is 250 g/mol. The molecule has 0 amide bonds. The molecule has 3 rings (SSSR count). The quantitative estimate of drug-likeness (QED) is 0.868. The van der Waals surface area contributed by atoms with Gasteiger partial charge in [-0.2, -0.15) is 0 Å². The lowest BCUT2D eigenvalue weighted by Gasteiger charge is -2.24. The number of hydrogen-bond donors (Lipinski definition) is 1. The van der Waals surface area contributed by atoms with Gasteiger partial charge in [-0.15, -0.1) is 11.3 Å². The summed E-state index contributed by atoms with van der Waals surface area (Å²) in [6.45, 7) is 9.41. The first-order chi connectivity index (χ1) is 8.22. The molecule has 0 spiro atoms. The summed E-state index contributed by atoms with van der Waals surface area (Å²) in [5.74, 6) is 0.906. The predicted molar refractivity (Wildman–Crippen MR) is 73.6 cm³/mol. The van der Waals surface area contributed by atoms with Gasteiger partial charge in [0, 0.05) is 35.4 Å². The molecular formula is C14H22N2S. The van der Waals surface area contributed by atoms with Gasteiger partial charge in [0.25, 0.3) is 0 Å². The Kier molecular flexibility index (Phi) is 3.24. The largest absolute Gasteiger partial charge is 0.312 e. The Hall–Kier alpha value is -0.380. The molecule has 17 heavy (non-hydrogen) atoms. The summed E-state index contributed by atoms with van der Waals surface area (Å²) in [5, 5.41) is 3.68. The van der Waals surface area contributed by atoms with Crippen LogP contribution >= 0.6 is 11.3 Å². The van der Waals surface area contributed by atoms with Gasteiger partial charge in [0.15, 0.2) is 0 Å². The average Bonchev–Trinajstić information content (AvgIpc) is 2.82. The molecule has 3 heterocycles. The zero-order valence-electron chi connectivity index (χ0n) is 10.8. The zero-order chi connectivity index (χ0) is 11.8. The summed E-state index contributed by atoms with van der Waals surface area (Å²) < 4.78 is 0. The average molecular weight is 250 g/mol. The molecule has 2 aliphatic rings. The van der Waals surface area contributed by atoms with Gasteiger partial charge in [-0.3, -0.25) is 4.90 Å². The summed E-state index contributed by atoms with van der Waals surface area (Å²) in [6.07, 6.45) is 2.79. The molecule has 2 atom stereocenters. The minimum Gasteiger partial charge on any atom is -0.312 e. The van der Waals surface area contributed by atoms with Gasteiger partial charge in [0.2, 0.25) is 0 Å². The van der Waals surface area contributed by atoms with E-state index in [9.17, 15) is 0 Å². The lowest BCUT2D eigenvalue weighted by molar-refractivity contribution is 0.312. The van der Waals surface area contributed by atoms with Crippen molar-refractivity contribution in [1.82, 2.24) is 10.2 Å². The highest BCUT2D eigenvalue weighted by Gasteiger charge is 2.34. The normalized spacial score (nSPS) is 29.5. The molecule has 2 nitrogen and oxygen atoms in total. The van der Waals surface area contributed by atoms with E-state index in [1.54, 1.807) is 5.56 Å². The molecule has 3 heteroatoms. The number of thiophene rings is 1. The van der Waals surface area contributed by atoms with Crippen LogP contribution in [0.4, 0.5) is 0 Å². The molecule has 2 aliphatic heterocycles. The van der Waals surface area contributed by atoms with E-state index >= 15 is 0 Å². The predicted octanol–water partition coefficient (Wildman–Crippen LogP) is 2.55. The van der Waals surface area contributed by atoms with Crippen LogP contribution in [0.25, 0.3) is 0 Å². The Bertz CT molecular complexity index is 385. The van der Waals surface area contributed by atoms with Crippen LogP contribution in [0, 0.1) is 19.8 Å². The number of fused-ring (bicyclic) bond motifs is 1. The van der Waals surface area contributed by atoms with Crippen molar-refractivity contribution in [3.63, 3.8) is 0 Å². The van der Waals surface area contributed by atoms with Crippen molar-refractivity contribution < 1.29 is 0 Å². The maximum atomic E-state index is 3.68. The van der Waals surface area contributed by atoms with E-state index in [-0.39, 0.29) is 0 Å². The van der Waals surface area contributed by atoms with Crippen LogP contribution in [0.5, 0.6) is 0 Å². The first-order valence-corrected chi connectivity index (χ1v) is 7.55. The van der Waals surface area contributed by atoms with Crippen molar-refractivity contribution in [3.05, 3.63) is 21.4 Å². The molecule has 0 radical (unpaired) electrons. The van der Waals surface area contributed by atoms with E-state index < -0.39 is 0 Å². The van der Waals surface area contributed by atoms with Crippen molar-refractivity contribution in [2.24, 2.45) is 5.92 Å². The summed E-state index contributed by atoms with van der Waals surface area (Å²) in [6, 6.07) is 3.14. The summed E-state index contributed by atoms with van der Waals surface area (Å²) in [5.41, 5.74) is 1.55. The van der Waals surface area contributed by atoms with Crippen LogP contribution in [0.2, 0.25) is 0 Å². The third-order valence-corrected chi connectivity index (χ3v) is 5.22. The van der Waals surface area contributed by atoms with E-state index in [2.05, 4.69) is 30.1 Å². The van der Waals surface area contributed by atoms with Crippen molar-refractivity contribution >= 4 is 11.3 Å². The fourth-order valence-electron chi connectivity index (χ4n) is 3.35. The van der Waals surface area contributed by atoms with Crippen LogP contribution in [-0.2, 0) is 6.54 Å². The Labute approximate surface area is 108 Å². The van der Waals surface area contributed by atoms with Gasteiger partial charge >= 0.3 is 0 Å². The molecule has 2 saturated heterocycles. The minimum absolute atomic E-state index is 0.767. The van der Waals surface area contributed by atoms with Gasteiger partial charge in [-0.1, -0.05) is 0 Å². The lowest BCUT2D eigenvalue weighted by atomic mass is 9.94. The Balaban J connectivity index is 1.65. The first kappa shape index (κ1) is 11.7. The summed E-state index contributed by atoms with van der Waals surface area (Å²) in [4.78, 5) is 5.60. The standard InChI is InChI=1S/C14H22N2S/c1-10-6-13(11(2)17-10)8-16-7-12-4-3-5-15-14(12)9-16/h6,12,14-15H,3-5,7-9H2,1-2H3. The van der Waals surface area contributed by atoms with E-state index in [0.717, 1.165) is 18.5 Å². The molecule has 0 aliphatic carbocycles. The number of piperidine rings is 1. The SMILES string of the molecule is Cc1cc(CN2CC3CCCNC3C2)c(C)s1. The molecule has 0 aromatic carbocycles. The smallest absolute Gasteiger partial charge is 0.0245 e. The van der Waals surface area contributed by atoms with Crippen LogP contribution in [0.3, 0.4) is 0 Å². The van der Waals surface area contributed by atoms with Gasteiger partial charge < -0.3 is 5.32 Å². The van der Waals surface area contributed by atoms with Crippen molar-refractivity contribution in [1.29, 1.82) is 0 Å². The molecule has 94 valence electrons. The first-order valence-electron chi connectivity index (χ1n) is 6.74. The molecule has 2 fully saturated rings. The van der Waals surface area contributed by atoms with Crippen LogP contribution in [-0.4, -0.2) is 30.6 Å².